The standard InChI is InChI=1S/C22H27N7O3/c1-13-8-20(26-14(2)25-13)27-21-10-16-9-15(4-6-29(16)28-21)22(24-3)18(11-23)32-12-19-17(30)5-7-31-19/h4,6,8-11,17,19,30H,5,7,12,23H2,1-3H3,(H,25,26,27,28)/b18-11+,24-22?/t17-,19+/m0/s1. The Morgan fingerprint density at radius 1 is 1.34 bits per heavy atom. The molecule has 4 heterocycles. The van der Waals surface area contributed by atoms with Crippen LogP contribution in [0, 0.1) is 13.8 Å². The number of aryl methyl sites for hydroxylation is 2. The molecule has 4 rings (SSSR count). The largest absolute Gasteiger partial charge is 0.487 e. The number of aliphatic imine (C=N–C) groups is 1. The van der Waals surface area contributed by atoms with Crippen molar-refractivity contribution in [3.63, 3.8) is 0 Å². The Morgan fingerprint density at radius 2 is 2.19 bits per heavy atom. The van der Waals surface area contributed by atoms with Crippen LogP contribution in [0.5, 0.6) is 0 Å². The average molecular weight is 438 g/mol. The third-order valence-corrected chi connectivity index (χ3v) is 5.15. The highest BCUT2D eigenvalue weighted by Crippen LogP contribution is 2.20. The predicted molar refractivity (Wildman–Crippen MR) is 121 cm³/mol. The molecule has 1 saturated heterocycles. The van der Waals surface area contributed by atoms with Crippen molar-refractivity contribution in [3.8, 4) is 0 Å². The summed E-state index contributed by atoms with van der Waals surface area (Å²) in [6.07, 6.45) is 2.91. The number of pyridine rings is 1. The minimum absolute atomic E-state index is 0.198. The molecule has 0 amide bonds. The summed E-state index contributed by atoms with van der Waals surface area (Å²) in [5.74, 6) is 2.46. The third-order valence-electron chi connectivity index (χ3n) is 5.15. The molecule has 0 unspecified atom stereocenters. The maximum absolute atomic E-state index is 9.93. The summed E-state index contributed by atoms with van der Waals surface area (Å²) in [4.78, 5) is 13.1. The number of aliphatic hydroxyl groups excluding tert-OH is 1. The second kappa shape index (κ2) is 9.33. The number of hydrogen-bond acceptors (Lipinski definition) is 9. The molecule has 0 aromatic carbocycles. The first kappa shape index (κ1) is 21.7. The molecule has 1 fully saturated rings. The lowest BCUT2D eigenvalue weighted by atomic mass is 10.1. The molecule has 3 aromatic heterocycles. The number of aromatic nitrogens is 4. The van der Waals surface area contributed by atoms with Crippen LogP contribution in [0.25, 0.3) is 5.52 Å². The van der Waals surface area contributed by atoms with Gasteiger partial charge in [0.2, 0.25) is 0 Å². The Morgan fingerprint density at radius 3 is 2.88 bits per heavy atom. The second-order valence-corrected chi connectivity index (χ2v) is 7.56. The molecule has 0 saturated carbocycles. The minimum Gasteiger partial charge on any atom is -0.487 e. The monoisotopic (exact) mass is 437 g/mol. The Bertz CT molecular complexity index is 1150. The van der Waals surface area contributed by atoms with Gasteiger partial charge in [0.15, 0.2) is 11.6 Å². The highest BCUT2D eigenvalue weighted by Gasteiger charge is 2.27. The third kappa shape index (κ3) is 4.71. The number of hydrogen-bond donors (Lipinski definition) is 3. The fraction of sp³-hybridized carbons (Fsp3) is 0.364. The number of fused-ring (bicyclic) bond motifs is 1. The zero-order valence-corrected chi connectivity index (χ0v) is 18.3. The number of nitrogens with zero attached hydrogens (tertiary/aromatic N) is 5. The van der Waals surface area contributed by atoms with E-state index >= 15 is 0 Å². The van der Waals surface area contributed by atoms with Crippen LogP contribution in [0.4, 0.5) is 11.6 Å². The van der Waals surface area contributed by atoms with Crippen LogP contribution in [0.15, 0.2) is 47.4 Å². The molecule has 4 N–H and O–H groups in total. The van der Waals surface area contributed by atoms with Crippen LogP contribution >= 0.6 is 0 Å². The van der Waals surface area contributed by atoms with Crippen LogP contribution < -0.4 is 11.1 Å². The first-order valence-electron chi connectivity index (χ1n) is 10.4. The highest BCUT2D eigenvalue weighted by molar-refractivity contribution is 6.11. The lowest BCUT2D eigenvalue weighted by Gasteiger charge is -2.17. The summed E-state index contributed by atoms with van der Waals surface area (Å²) in [7, 11) is 1.68. The van der Waals surface area contributed by atoms with Crippen LogP contribution in [0.2, 0.25) is 0 Å². The molecule has 10 heteroatoms. The highest BCUT2D eigenvalue weighted by atomic mass is 16.5. The van der Waals surface area contributed by atoms with E-state index in [1.54, 1.807) is 11.6 Å². The summed E-state index contributed by atoms with van der Waals surface area (Å²) >= 11 is 0. The number of ether oxygens (including phenoxy) is 2. The normalized spacial score (nSPS) is 19.5. The van der Waals surface area contributed by atoms with Crippen molar-refractivity contribution >= 4 is 22.9 Å². The molecule has 3 aromatic rings. The zero-order chi connectivity index (χ0) is 22.7. The number of anilines is 2. The van der Waals surface area contributed by atoms with Crippen molar-refractivity contribution in [1.82, 2.24) is 19.6 Å². The van der Waals surface area contributed by atoms with Crippen molar-refractivity contribution in [2.45, 2.75) is 32.5 Å². The zero-order valence-electron chi connectivity index (χ0n) is 18.3. The van der Waals surface area contributed by atoms with Crippen molar-refractivity contribution < 1.29 is 14.6 Å². The van der Waals surface area contributed by atoms with E-state index in [2.05, 4.69) is 25.4 Å². The number of nitrogens with two attached hydrogens (primary N) is 1. The first-order chi connectivity index (χ1) is 15.5. The van der Waals surface area contributed by atoms with Crippen molar-refractivity contribution in [2.24, 2.45) is 10.7 Å². The van der Waals surface area contributed by atoms with E-state index < -0.39 is 6.10 Å². The van der Waals surface area contributed by atoms with Gasteiger partial charge in [0.05, 0.1) is 11.6 Å². The topological polar surface area (TPSA) is 132 Å². The van der Waals surface area contributed by atoms with Gasteiger partial charge in [0, 0.05) is 49.4 Å². The number of nitrogens with one attached hydrogen (secondary N) is 1. The van der Waals surface area contributed by atoms with Gasteiger partial charge in [-0.15, -0.1) is 0 Å². The summed E-state index contributed by atoms with van der Waals surface area (Å²) < 4.78 is 13.1. The SMILES string of the molecule is CN=C(/C(=C\N)OC[C@H]1OCC[C@@H]1O)c1ccn2nc(Nc3cc(C)nc(C)n3)cc2c1. The molecule has 10 nitrogen and oxygen atoms in total. The molecule has 2 atom stereocenters. The lowest BCUT2D eigenvalue weighted by Crippen LogP contribution is -2.27. The van der Waals surface area contributed by atoms with Gasteiger partial charge < -0.3 is 25.6 Å². The van der Waals surface area contributed by atoms with Crippen molar-refractivity contribution in [1.29, 1.82) is 0 Å². The van der Waals surface area contributed by atoms with E-state index in [1.807, 2.05) is 44.3 Å². The number of allylic oxidation sites excluding steroid dienone is 1. The number of rotatable bonds is 7. The quantitative estimate of drug-likeness (QED) is 0.377. The molecule has 1 aliphatic rings. The van der Waals surface area contributed by atoms with E-state index in [0.717, 1.165) is 16.8 Å². The van der Waals surface area contributed by atoms with E-state index in [4.69, 9.17) is 15.2 Å². The van der Waals surface area contributed by atoms with Gasteiger partial charge in [-0.1, -0.05) is 0 Å². The predicted octanol–water partition coefficient (Wildman–Crippen LogP) is 1.87. The van der Waals surface area contributed by atoms with E-state index in [9.17, 15) is 5.11 Å². The van der Waals surface area contributed by atoms with Gasteiger partial charge in [0.25, 0.3) is 0 Å². The van der Waals surface area contributed by atoms with E-state index in [0.29, 0.717) is 42.0 Å². The van der Waals surface area contributed by atoms with Gasteiger partial charge in [-0.25, -0.2) is 14.5 Å². The van der Waals surface area contributed by atoms with E-state index in [-0.39, 0.29) is 12.7 Å². The summed E-state index contributed by atoms with van der Waals surface area (Å²) in [6, 6.07) is 7.62. The Labute approximate surface area is 185 Å². The maximum atomic E-state index is 9.93. The fourth-order valence-corrected chi connectivity index (χ4v) is 3.66. The Balaban J connectivity index is 1.53. The van der Waals surface area contributed by atoms with Crippen molar-refractivity contribution in [3.05, 3.63) is 59.5 Å². The molecule has 0 bridgehead atoms. The summed E-state index contributed by atoms with van der Waals surface area (Å²) in [5, 5.41) is 17.7. The molecule has 1 aliphatic heterocycles. The molecule has 0 aliphatic carbocycles. The van der Waals surface area contributed by atoms with E-state index in [1.165, 1.54) is 6.20 Å². The molecule has 0 spiro atoms. The lowest BCUT2D eigenvalue weighted by molar-refractivity contribution is -0.00348. The van der Waals surface area contributed by atoms with Crippen LogP contribution in [0.1, 0.15) is 23.5 Å². The molecular weight excluding hydrogens is 410 g/mol. The summed E-state index contributed by atoms with van der Waals surface area (Å²) in [5.41, 5.74) is 8.99. The smallest absolute Gasteiger partial charge is 0.160 e. The Hall–Kier alpha value is -3.50. The van der Waals surface area contributed by atoms with Gasteiger partial charge in [-0.2, -0.15) is 5.10 Å². The minimum atomic E-state index is -0.535. The first-order valence-corrected chi connectivity index (χ1v) is 10.4. The van der Waals surface area contributed by atoms with Crippen LogP contribution in [0.3, 0.4) is 0 Å². The average Bonchev–Trinajstić information content (AvgIpc) is 3.34. The van der Waals surface area contributed by atoms with Crippen LogP contribution in [-0.4, -0.2) is 62.9 Å². The Kier molecular flexibility index (Phi) is 6.33. The number of aliphatic hydroxyl groups is 1. The van der Waals surface area contributed by atoms with Crippen LogP contribution in [-0.2, 0) is 9.47 Å². The summed E-state index contributed by atoms with van der Waals surface area (Å²) in [6.45, 7) is 4.49. The maximum Gasteiger partial charge on any atom is 0.160 e. The van der Waals surface area contributed by atoms with Gasteiger partial charge in [0.1, 0.15) is 30.1 Å². The molecule has 32 heavy (non-hydrogen) atoms. The van der Waals surface area contributed by atoms with Gasteiger partial charge in [-0.3, -0.25) is 4.99 Å². The molecule has 0 radical (unpaired) electrons. The second-order valence-electron chi connectivity index (χ2n) is 7.56. The fourth-order valence-electron chi connectivity index (χ4n) is 3.66. The van der Waals surface area contributed by atoms with Gasteiger partial charge in [-0.05, 0) is 32.4 Å². The van der Waals surface area contributed by atoms with Gasteiger partial charge >= 0.3 is 0 Å². The molecule has 168 valence electrons. The molecular formula is C22H27N7O3. The van der Waals surface area contributed by atoms with Crippen molar-refractivity contribution in [2.75, 3.05) is 25.6 Å².